The maximum Gasteiger partial charge on any atom is 0.191 e. The molecule has 330 valence electrons. The summed E-state index contributed by atoms with van der Waals surface area (Å²) in [6.07, 6.45) is 21.9. The number of carbonyl (C=O) groups excluding carboxylic acids is 1. The van der Waals surface area contributed by atoms with Crippen molar-refractivity contribution < 1.29 is 28.2 Å². The Hall–Kier alpha value is -3.05. The van der Waals surface area contributed by atoms with Gasteiger partial charge in [0.25, 0.3) is 0 Å². The van der Waals surface area contributed by atoms with Gasteiger partial charge in [0.15, 0.2) is 37.6 Å². The number of aldehydes is 1. The molecule has 0 N–H and O–H groups in total. The monoisotopic (exact) mass is 867 g/mol. The number of thiophene rings is 2. The van der Waals surface area contributed by atoms with Crippen LogP contribution in [0, 0.1) is 0 Å². The molecule has 0 amide bonds. The SMILES string of the molecule is CCCCOc1c(C=O)sc(C=Cc2sc(C=Cc3ccc(N(CC)CCCCCCO[Si](C)(C)C(C)(C)C)cc3)c(OCCCC)c2OCCCC)c1OCCCC. The smallest absolute Gasteiger partial charge is 0.191 e. The Kier molecular flexibility index (Phi) is 23.0. The fourth-order valence-electron chi connectivity index (χ4n) is 5.99. The van der Waals surface area contributed by atoms with Gasteiger partial charge in [-0.2, -0.15) is 0 Å². The van der Waals surface area contributed by atoms with E-state index in [1.165, 1.54) is 36.3 Å². The summed E-state index contributed by atoms with van der Waals surface area (Å²) >= 11 is 3.06. The molecule has 0 radical (unpaired) electrons. The van der Waals surface area contributed by atoms with E-state index in [2.05, 4.69) is 116 Å². The summed E-state index contributed by atoms with van der Waals surface area (Å²) in [5.41, 5.74) is 2.39. The summed E-state index contributed by atoms with van der Waals surface area (Å²) in [7, 11) is -1.66. The molecule has 0 saturated heterocycles. The van der Waals surface area contributed by atoms with Crippen LogP contribution in [0.2, 0.25) is 18.1 Å². The molecule has 3 rings (SSSR count). The van der Waals surface area contributed by atoms with Gasteiger partial charge in [-0.3, -0.25) is 4.79 Å². The number of nitrogens with zero attached hydrogens (tertiary/aromatic N) is 1. The van der Waals surface area contributed by atoms with Gasteiger partial charge >= 0.3 is 0 Å². The molecule has 0 aliphatic carbocycles. The lowest BCUT2D eigenvalue weighted by Crippen LogP contribution is -2.40. The third-order valence-corrected chi connectivity index (χ3v) is 17.5. The normalized spacial score (nSPS) is 12.2. The van der Waals surface area contributed by atoms with Gasteiger partial charge in [-0.25, -0.2) is 0 Å². The number of carbonyl (C=O) groups is 1. The molecular weight excluding hydrogens is 791 g/mol. The highest BCUT2D eigenvalue weighted by Crippen LogP contribution is 2.47. The van der Waals surface area contributed by atoms with Crippen molar-refractivity contribution in [3.63, 3.8) is 0 Å². The molecule has 0 aliphatic heterocycles. The molecule has 59 heavy (non-hydrogen) atoms. The largest absolute Gasteiger partial charge is 0.488 e. The predicted molar refractivity (Wildman–Crippen MR) is 259 cm³/mol. The zero-order chi connectivity index (χ0) is 43.1. The molecule has 7 nitrogen and oxygen atoms in total. The second-order valence-corrected chi connectivity index (χ2v) is 23.7. The fourth-order valence-corrected chi connectivity index (χ4v) is 8.98. The Morgan fingerprint density at radius 1 is 0.559 bits per heavy atom. The number of benzene rings is 1. The summed E-state index contributed by atoms with van der Waals surface area (Å²) in [5, 5.41) is 0.266. The van der Waals surface area contributed by atoms with Crippen LogP contribution >= 0.6 is 22.7 Å². The van der Waals surface area contributed by atoms with Gasteiger partial charge < -0.3 is 28.3 Å². The van der Waals surface area contributed by atoms with E-state index in [0.717, 1.165) is 115 Å². The van der Waals surface area contributed by atoms with Crippen LogP contribution in [-0.4, -0.2) is 60.7 Å². The molecule has 2 heterocycles. The topological polar surface area (TPSA) is 66.5 Å². The molecule has 0 saturated carbocycles. The second kappa shape index (κ2) is 27.0. The summed E-state index contributed by atoms with van der Waals surface area (Å²) in [4.78, 5) is 18.1. The molecule has 0 spiro atoms. The van der Waals surface area contributed by atoms with Crippen LogP contribution in [0.1, 0.15) is 162 Å². The Bertz CT molecular complexity index is 1690. The van der Waals surface area contributed by atoms with Crippen molar-refractivity contribution in [3.05, 3.63) is 49.3 Å². The molecule has 0 unspecified atom stereocenters. The van der Waals surface area contributed by atoms with Gasteiger partial charge in [-0.15, -0.1) is 22.7 Å². The number of hydrogen-bond acceptors (Lipinski definition) is 9. The first-order valence-corrected chi connectivity index (χ1v) is 27.1. The second-order valence-electron chi connectivity index (χ2n) is 16.8. The van der Waals surface area contributed by atoms with Crippen molar-refractivity contribution in [2.24, 2.45) is 0 Å². The van der Waals surface area contributed by atoms with E-state index in [9.17, 15) is 4.79 Å². The van der Waals surface area contributed by atoms with Crippen LogP contribution in [0.3, 0.4) is 0 Å². The van der Waals surface area contributed by atoms with Gasteiger partial charge in [0, 0.05) is 25.4 Å². The number of ether oxygens (including phenoxy) is 4. The third kappa shape index (κ3) is 16.4. The fraction of sp³-hybridized carbons (Fsp3) is 0.612. The maximum absolute atomic E-state index is 12.2. The summed E-state index contributed by atoms with van der Waals surface area (Å²) in [6.45, 7) is 27.7. The molecule has 0 aliphatic rings. The highest BCUT2D eigenvalue weighted by molar-refractivity contribution is 7.16. The van der Waals surface area contributed by atoms with Gasteiger partial charge in [-0.1, -0.05) is 105 Å². The average molecular weight is 868 g/mol. The Morgan fingerprint density at radius 3 is 1.41 bits per heavy atom. The first kappa shape index (κ1) is 50.3. The van der Waals surface area contributed by atoms with Crippen molar-refractivity contribution in [2.75, 3.05) is 51.0 Å². The van der Waals surface area contributed by atoms with Gasteiger partial charge in [0.2, 0.25) is 0 Å². The van der Waals surface area contributed by atoms with Gasteiger partial charge in [0.1, 0.15) is 4.88 Å². The minimum Gasteiger partial charge on any atom is -0.488 e. The summed E-state index contributed by atoms with van der Waals surface area (Å²) in [6, 6.07) is 8.90. The van der Waals surface area contributed by atoms with E-state index in [-0.39, 0.29) is 5.04 Å². The maximum atomic E-state index is 12.2. The highest BCUT2D eigenvalue weighted by Gasteiger charge is 2.36. The molecule has 2 aromatic heterocycles. The van der Waals surface area contributed by atoms with Crippen molar-refractivity contribution in [1.82, 2.24) is 0 Å². The average Bonchev–Trinajstić information content (AvgIpc) is 3.73. The third-order valence-electron chi connectivity index (χ3n) is 10.9. The van der Waals surface area contributed by atoms with E-state index in [1.807, 2.05) is 6.08 Å². The number of anilines is 1. The molecular formula is C49H77NO6S2Si. The van der Waals surface area contributed by atoms with Crippen molar-refractivity contribution in [2.45, 2.75) is 151 Å². The lowest BCUT2D eigenvalue weighted by Gasteiger charge is -2.36. The van der Waals surface area contributed by atoms with E-state index in [4.69, 9.17) is 23.4 Å². The summed E-state index contributed by atoms with van der Waals surface area (Å²) < 4.78 is 31.8. The van der Waals surface area contributed by atoms with Gasteiger partial charge in [-0.05, 0) is 99.5 Å². The molecule has 1 aromatic carbocycles. The highest BCUT2D eigenvalue weighted by atomic mass is 32.1. The molecule has 0 atom stereocenters. The molecule has 3 aromatic rings. The van der Waals surface area contributed by atoms with Crippen LogP contribution in [0.25, 0.3) is 24.3 Å². The number of rotatable bonds is 31. The zero-order valence-electron chi connectivity index (χ0n) is 38.3. The molecule has 10 heteroatoms. The van der Waals surface area contributed by atoms with Crippen LogP contribution in [0.15, 0.2) is 24.3 Å². The van der Waals surface area contributed by atoms with Crippen molar-refractivity contribution >= 4 is 67.3 Å². The number of unbranched alkanes of at least 4 members (excludes halogenated alkanes) is 7. The Labute approximate surface area is 367 Å². The van der Waals surface area contributed by atoms with E-state index in [1.54, 1.807) is 11.3 Å². The predicted octanol–water partition coefficient (Wildman–Crippen LogP) is 15.1. The number of hydrogen-bond donors (Lipinski definition) is 0. The lowest BCUT2D eigenvalue weighted by molar-refractivity contribution is 0.112. The Balaban J connectivity index is 1.83. The lowest BCUT2D eigenvalue weighted by atomic mass is 10.1. The van der Waals surface area contributed by atoms with Crippen LogP contribution in [0.5, 0.6) is 23.0 Å². The minimum absolute atomic E-state index is 0.266. The van der Waals surface area contributed by atoms with Crippen molar-refractivity contribution in [3.8, 4) is 23.0 Å². The minimum atomic E-state index is -1.66. The first-order chi connectivity index (χ1) is 28.4. The van der Waals surface area contributed by atoms with Crippen LogP contribution in [-0.2, 0) is 4.43 Å². The zero-order valence-corrected chi connectivity index (χ0v) is 41.0. The van der Waals surface area contributed by atoms with Crippen LogP contribution in [0.4, 0.5) is 5.69 Å². The quantitative estimate of drug-likeness (QED) is 0.0362. The van der Waals surface area contributed by atoms with Crippen LogP contribution < -0.4 is 23.8 Å². The van der Waals surface area contributed by atoms with E-state index < -0.39 is 8.32 Å². The first-order valence-electron chi connectivity index (χ1n) is 22.6. The Morgan fingerprint density at radius 2 is 0.983 bits per heavy atom. The van der Waals surface area contributed by atoms with Gasteiger partial charge in [0.05, 0.1) is 41.1 Å². The summed E-state index contributed by atoms with van der Waals surface area (Å²) in [5.74, 6) is 2.76. The van der Waals surface area contributed by atoms with E-state index in [0.29, 0.717) is 42.8 Å². The molecule has 0 bridgehead atoms. The van der Waals surface area contributed by atoms with Crippen molar-refractivity contribution in [1.29, 1.82) is 0 Å². The molecule has 0 fully saturated rings. The van der Waals surface area contributed by atoms with E-state index >= 15 is 0 Å². The standard InChI is InChI=1S/C49H77NO6S2Si/c1-11-16-33-52-45-41(29-26-39-24-27-40(28-25-39)50(15-5)32-22-20-21-23-37-56-59(9,10)49(6,7)8)57-42(46(45)53-34-17-12-2)30-31-43-47(54-35-18-13-3)48(44(38-51)58-43)55-36-19-14-4/h24-31,38H,11-23,32-37H2,1-10H3.